The number of aromatic amines is 1. The number of nitrogens with two attached hydrogens (primary N) is 2. The van der Waals surface area contributed by atoms with E-state index in [-0.39, 0.29) is 5.96 Å². The molecule has 0 saturated carbocycles. The van der Waals surface area contributed by atoms with Gasteiger partial charge in [-0.15, -0.1) is 11.3 Å². The van der Waals surface area contributed by atoms with Crippen molar-refractivity contribution in [2.45, 2.75) is 6.92 Å². The van der Waals surface area contributed by atoms with E-state index in [0.29, 0.717) is 5.13 Å². The number of imidazole rings is 1. The Morgan fingerprint density at radius 3 is 3.12 bits per heavy atom. The van der Waals surface area contributed by atoms with Gasteiger partial charge in [-0.2, -0.15) is 4.99 Å². The number of thiazole rings is 1. The van der Waals surface area contributed by atoms with Crippen LogP contribution in [-0.4, -0.2) is 27.5 Å². The zero-order valence-electron chi connectivity index (χ0n) is 9.27. The lowest BCUT2D eigenvalue weighted by Crippen LogP contribution is -2.21. The van der Waals surface area contributed by atoms with Crippen molar-refractivity contribution >= 4 is 28.4 Å². The molecule has 0 amide bonds. The number of nitrogens with zero attached hydrogens (tertiary/aromatic N) is 3. The molecule has 2 heterocycles. The first kappa shape index (κ1) is 11.4. The van der Waals surface area contributed by atoms with E-state index < -0.39 is 0 Å². The third kappa shape index (κ3) is 2.72. The van der Waals surface area contributed by atoms with Crippen LogP contribution in [0.5, 0.6) is 0 Å². The van der Waals surface area contributed by atoms with Crippen molar-refractivity contribution in [1.29, 1.82) is 0 Å². The number of aromatic nitrogens is 3. The van der Waals surface area contributed by atoms with Crippen molar-refractivity contribution in [3.05, 3.63) is 11.6 Å². The maximum Gasteiger partial charge on any atom is 0.212 e. The largest absolute Gasteiger partial charge is 0.370 e. The summed E-state index contributed by atoms with van der Waals surface area (Å²) in [6.07, 6.45) is 1.71. The molecular weight excluding hydrogens is 238 g/mol. The minimum atomic E-state index is 0.00356. The fraction of sp³-hybridized carbons (Fsp3) is 0.222. The number of H-pyrrole nitrogens is 1. The van der Waals surface area contributed by atoms with Crippen molar-refractivity contribution < 1.29 is 0 Å². The van der Waals surface area contributed by atoms with E-state index in [9.17, 15) is 0 Å². The molecule has 2 aromatic heterocycles. The van der Waals surface area contributed by atoms with Gasteiger partial charge in [-0.05, 0) is 6.92 Å². The molecule has 2 aromatic rings. The second-order valence-electron chi connectivity index (χ2n) is 3.23. The van der Waals surface area contributed by atoms with Gasteiger partial charge in [0.1, 0.15) is 5.69 Å². The summed E-state index contributed by atoms with van der Waals surface area (Å²) in [5.74, 6) is 0.725. The minimum Gasteiger partial charge on any atom is -0.370 e. The normalized spacial score (nSPS) is 10.2. The second-order valence-corrected chi connectivity index (χ2v) is 4.06. The van der Waals surface area contributed by atoms with Crippen LogP contribution in [0.25, 0.3) is 11.4 Å². The van der Waals surface area contributed by atoms with Crippen LogP contribution >= 0.6 is 11.3 Å². The highest BCUT2D eigenvalue weighted by atomic mass is 32.1. The molecule has 0 atom stereocenters. The van der Waals surface area contributed by atoms with Crippen LogP contribution in [0.15, 0.2) is 16.6 Å². The van der Waals surface area contributed by atoms with Gasteiger partial charge in [0.05, 0.1) is 11.9 Å². The molecule has 0 bridgehead atoms. The average Bonchev–Trinajstić information content (AvgIpc) is 2.86. The highest BCUT2D eigenvalue weighted by molar-refractivity contribution is 7.13. The molecule has 0 saturated heterocycles. The van der Waals surface area contributed by atoms with Gasteiger partial charge in [-0.1, -0.05) is 0 Å². The molecule has 6 N–H and O–H groups in total. The molecule has 0 fully saturated rings. The van der Waals surface area contributed by atoms with E-state index >= 15 is 0 Å². The molecule has 0 aliphatic heterocycles. The Kier molecular flexibility index (Phi) is 3.24. The van der Waals surface area contributed by atoms with Gasteiger partial charge in [0.25, 0.3) is 0 Å². The van der Waals surface area contributed by atoms with Crippen molar-refractivity contribution in [2.24, 2.45) is 16.5 Å². The second kappa shape index (κ2) is 4.83. The van der Waals surface area contributed by atoms with Crippen LogP contribution in [0, 0.1) is 0 Å². The Morgan fingerprint density at radius 1 is 1.59 bits per heavy atom. The fourth-order valence-corrected chi connectivity index (χ4v) is 1.96. The number of nitrogens with one attached hydrogen (secondary N) is 2. The molecule has 0 aliphatic carbocycles. The molecule has 0 radical (unpaired) electrons. The first-order valence-corrected chi connectivity index (χ1v) is 5.91. The summed E-state index contributed by atoms with van der Waals surface area (Å²) in [5.41, 5.74) is 12.2. The van der Waals surface area contributed by atoms with Crippen LogP contribution in [0.1, 0.15) is 6.92 Å². The smallest absolute Gasteiger partial charge is 0.212 e. The monoisotopic (exact) mass is 251 g/mol. The first-order chi connectivity index (χ1) is 8.19. The van der Waals surface area contributed by atoms with Gasteiger partial charge in [0.2, 0.25) is 11.1 Å². The number of rotatable bonds is 4. The molecule has 7 nitrogen and oxygen atoms in total. The minimum absolute atomic E-state index is 0.00356. The lowest BCUT2D eigenvalue weighted by atomic mass is 10.4. The van der Waals surface area contributed by atoms with Crippen LogP contribution in [0.4, 0.5) is 11.1 Å². The lowest BCUT2D eigenvalue weighted by molar-refractivity contribution is 1.14. The predicted octanol–water partition coefficient (Wildman–Crippen LogP) is 0.870. The van der Waals surface area contributed by atoms with Crippen LogP contribution in [0.2, 0.25) is 0 Å². The number of anilines is 1. The van der Waals surface area contributed by atoms with Crippen LogP contribution < -0.4 is 16.8 Å². The fourth-order valence-electron chi connectivity index (χ4n) is 1.26. The van der Waals surface area contributed by atoms with Gasteiger partial charge in [-0.3, -0.25) is 0 Å². The Morgan fingerprint density at radius 2 is 2.41 bits per heavy atom. The molecule has 0 aromatic carbocycles. The van der Waals surface area contributed by atoms with Gasteiger partial charge in [0, 0.05) is 11.9 Å². The topological polar surface area (TPSA) is 118 Å². The highest BCUT2D eigenvalue weighted by Crippen LogP contribution is 2.25. The number of aliphatic imine (C=N–C) groups is 1. The van der Waals surface area contributed by atoms with Gasteiger partial charge < -0.3 is 21.8 Å². The van der Waals surface area contributed by atoms with E-state index in [1.165, 1.54) is 11.3 Å². The maximum absolute atomic E-state index is 5.28. The van der Waals surface area contributed by atoms with E-state index in [2.05, 4.69) is 25.3 Å². The highest BCUT2D eigenvalue weighted by Gasteiger charge is 2.07. The van der Waals surface area contributed by atoms with Gasteiger partial charge >= 0.3 is 0 Å². The Labute approximate surface area is 102 Å². The van der Waals surface area contributed by atoms with Crippen molar-refractivity contribution in [3.63, 3.8) is 0 Å². The standard InChI is InChI=1S/C9H13N7S/c1-2-12-8-13-3-5(14-8)6-4-17-9(15-6)16-7(10)11/h3-4H,2H2,1H3,(H2,12,13,14)(H4,10,11,15,16). The summed E-state index contributed by atoms with van der Waals surface area (Å²) in [5, 5.41) is 5.47. The van der Waals surface area contributed by atoms with E-state index in [1.807, 2.05) is 12.3 Å². The molecular formula is C9H13N7S. The van der Waals surface area contributed by atoms with E-state index in [4.69, 9.17) is 11.5 Å². The average molecular weight is 251 g/mol. The summed E-state index contributed by atoms with van der Waals surface area (Å²) in [4.78, 5) is 15.4. The number of hydrogen-bond acceptors (Lipinski definition) is 5. The van der Waals surface area contributed by atoms with Crippen LogP contribution in [-0.2, 0) is 0 Å². The molecule has 8 heteroatoms. The summed E-state index contributed by atoms with van der Waals surface area (Å²) in [6.45, 7) is 2.81. The SMILES string of the molecule is CCNc1ncc(-c2csc(N=C(N)N)n2)[nH]1. The first-order valence-electron chi connectivity index (χ1n) is 5.03. The van der Waals surface area contributed by atoms with Crippen molar-refractivity contribution in [1.82, 2.24) is 15.0 Å². The summed E-state index contributed by atoms with van der Waals surface area (Å²) in [6, 6.07) is 0. The van der Waals surface area contributed by atoms with Gasteiger partial charge in [-0.25, -0.2) is 9.97 Å². The summed E-state index contributed by atoms with van der Waals surface area (Å²) >= 11 is 1.37. The molecule has 90 valence electrons. The lowest BCUT2D eigenvalue weighted by Gasteiger charge is -1.94. The zero-order valence-corrected chi connectivity index (χ0v) is 10.1. The number of hydrogen-bond donors (Lipinski definition) is 4. The van der Waals surface area contributed by atoms with Gasteiger partial charge in [0.15, 0.2) is 5.96 Å². The molecule has 2 rings (SSSR count). The van der Waals surface area contributed by atoms with Crippen LogP contribution in [0.3, 0.4) is 0 Å². The Balaban J connectivity index is 2.21. The third-order valence-electron chi connectivity index (χ3n) is 1.91. The Bertz CT molecular complexity index is 523. The van der Waals surface area contributed by atoms with E-state index in [0.717, 1.165) is 23.9 Å². The molecule has 17 heavy (non-hydrogen) atoms. The quantitative estimate of drug-likeness (QED) is 0.475. The Hall–Kier alpha value is -2.09. The molecule has 0 aliphatic rings. The number of guanidine groups is 1. The van der Waals surface area contributed by atoms with Crippen molar-refractivity contribution in [3.8, 4) is 11.4 Å². The predicted molar refractivity (Wildman–Crippen MR) is 69.3 cm³/mol. The third-order valence-corrected chi connectivity index (χ3v) is 2.65. The molecule has 0 unspecified atom stereocenters. The summed E-state index contributed by atoms with van der Waals surface area (Å²) in [7, 11) is 0. The maximum atomic E-state index is 5.28. The van der Waals surface area contributed by atoms with E-state index in [1.54, 1.807) is 6.20 Å². The zero-order chi connectivity index (χ0) is 12.3. The molecule has 0 spiro atoms. The summed E-state index contributed by atoms with van der Waals surface area (Å²) < 4.78 is 0. The van der Waals surface area contributed by atoms with Crippen molar-refractivity contribution in [2.75, 3.05) is 11.9 Å².